The van der Waals surface area contributed by atoms with Gasteiger partial charge in [-0.3, -0.25) is 0 Å². The van der Waals surface area contributed by atoms with Gasteiger partial charge in [-0.2, -0.15) is 0 Å². The summed E-state index contributed by atoms with van der Waals surface area (Å²) in [6.45, 7) is 3.88. The maximum Gasteiger partial charge on any atom is 0.293 e. The number of aliphatic hydroxyl groups excluding tert-OH is 1. The van der Waals surface area contributed by atoms with Crippen molar-refractivity contribution in [2.45, 2.75) is 56.2 Å². The van der Waals surface area contributed by atoms with Crippen LogP contribution in [0.3, 0.4) is 0 Å². The Bertz CT molecular complexity index is 619. The molecule has 2 rings (SSSR count). The standard InChI is InChI=1S/C16H22BrF2NO2S/c1-14(2,3)23(22)20-15(16(18,19)10-21)8-4-5-11-6-7-12(17)9-13(11)15/h6-7,9,20-21H,4-5,8,10H2,1-3H3/t15-,23-/m1/s1. The van der Waals surface area contributed by atoms with E-state index in [2.05, 4.69) is 20.7 Å². The number of hydrogen-bond donors (Lipinski definition) is 2. The highest BCUT2D eigenvalue weighted by Crippen LogP contribution is 2.47. The van der Waals surface area contributed by atoms with Gasteiger partial charge in [0, 0.05) is 4.47 Å². The Balaban J connectivity index is 2.62. The van der Waals surface area contributed by atoms with Crippen LogP contribution < -0.4 is 4.72 Å². The summed E-state index contributed by atoms with van der Waals surface area (Å²) in [6.07, 6.45) is 1.35. The molecule has 2 atom stereocenters. The molecule has 0 saturated heterocycles. The lowest BCUT2D eigenvalue weighted by Crippen LogP contribution is -2.61. The predicted octanol–water partition coefficient (Wildman–Crippen LogP) is 3.66. The van der Waals surface area contributed by atoms with Crippen molar-refractivity contribution in [2.75, 3.05) is 6.61 Å². The Morgan fingerprint density at radius 2 is 2.04 bits per heavy atom. The zero-order valence-electron chi connectivity index (χ0n) is 13.5. The van der Waals surface area contributed by atoms with E-state index in [0.29, 0.717) is 22.9 Å². The quantitative estimate of drug-likeness (QED) is 0.796. The van der Waals surface area contributed by atoms with Crippen LogP contribution in [0.15, 0.2) is 22.7 Å². The molecule has 1 aromatic rings. The third-order valence-electron chi connectivity index (χ3n) is 4.18. The largest absolute Gasteiger partial charge is 0.390 e. The second-order valence-electron chi connectivity index (χ2n) is 6.91. The molecular weight excluding hydrogens is 388 g/mol. The van der Waals surface area contributed by atoms with Gasteiger partial charge in [-0.25, -0.2) is 17.7 Å². The van der Waals surface area contributed by atoms with Crippen LogP contribution in [0.2, 0.25) is 0 Å². The van der Waals surface area contributed by atoms with Crippen LogP contribution in [-0.4, -0.2) is 26.6 Å². The number of hydrogen-bond acceptors (Lipinski definition) is 2. The van der Waals surface area contributed by atoms with E-state index in [4.69, 9.17) is 0 Å². The van der Waals surface area contributed by atoms with Gasteiger partial charge in [-0.1, -0.05) is 22.0 Å². The molecule has 130 valence electrons. The van der Waals surface area contributed by atoms with E-state index in [-0.39, 0.29) is 6.42 Å². The van der Waals surface area contributed by atoms with E-state index in [1.54, 1.807) is 26.8 Å². The molecule has 0 aliphatic heterocycles. The van der Waals surface area contributed by atoms with E-state index in [1.165, 1.54) is 0 Å². The number of halogens is 3. The lowest BCUT2D eigenvalue weighted by Gasteiger charge is -2.45. The summed E-state index contributed by atoms with van der Waals surface area (Å²) in [6, 6.07) is 5.26. The van der Waals surface area contributed by atoms with Crippen molar-refractivity contribution in [3.8, 4) is 0 Å². The van der Waals surface area contributed by atoms with Crippen molar-refractivity contribution < 1.29 is 18.1 Å². The zero-order valence-corrected chi connectivity index (χ0v) is 15.9. The van der Waals surface area contributed by atoms with Gasteiger partial charge in [0.05, 0.1) is 15.7 Å². The van der Waals surface area contributed by atoms with Crippen molar-refractivity contribution in [1.29, 1.82) is 0 Å². The van der Waals surface area contributed by atoms with Gasteiger partial charge in [0.2, 0.25) is 0 Å². The lowest BCUT2D eigenvalue weighted by atomic mass is 9.73. The Kier molecular flexibility index (Phi) is 5.36. The first kappa shape index (κ1) is 19.0. The van der Waals surface area contributed by atoms with E-state index in [1.807, 2.05) is 12.1 Å². The molecule has 0 unspecified atom stereocenters. The highest BCUT2D eigenvalue weighted by molar-refractivity contribution is 9.10. The summed E-state index contributed by atoms with van der Waals surface area (Å²) in [7, 11) is -1.69. The Labute approximate surface area is 146 Å². The van der Waals surface area contributed by atoms with Gasteiger partial charge in [-0.15, -0.1) is 0 Å². The number of benzene rings is 1. The molecule has 23 heavy (non-hydrogen) atoms. The van der Waals surface area contributed by atoms with Gasteiger partial charge < -0.3 is 5.11 Å². The SMILES string of the molecule is CC(C)(C)[S@@](=O)N[C@]1(C(F)(F)CO)CCCc2ccc(Br)cc21. The summed E-state index contributed by atoms with van der Waals surface area (Å²) in [5, 5.41) is 9.32. The first-order valence-electron chi connectivity index (χ1n) is 7.51. The fourth-order valence-electron chi connectivity index (χ4n) is 2.85. The third-order valence-corrected chi connectivity index (χ3v) is 6.32. The Morgan fingerprint density at radius 1 is 1.39 bits per heavy atom. The van der Waals surface area contributed by atoms with Gasteiger partial charge in [0.25, 0.3) is 5.92 Å². The number of aliphatic hydroxyl groups is 1. The number of aryl methyl sites for hydroxylation is 1. The molecule has 7 heteroatoms. The zero-order chi connectivity index (χ0) is 17.5. The van der Waals surface area contributed by atoms with E-state index in [0.717, 1.165) is 5.56 Å². The van der Waals surface area contributed by atoms with Crippen LogP contribution in [0.25, 0.3) is 0 Å². The minimum absolute atomic E-state index is 0.117. The van der Waals surface area contributed by atoms with Crippen LogP contribution in [0.5, 0.6) is 0 Å². The topological polar surface area (TPSA) is 49.3 Å². The van der Waals surface area contributed by atoms with Crippen molar-refractivity contribution in [3.05, 3.63) is 33.8 Å². The molecule has 0 heterocycles. The number of fused-ring (bicyclic) bond motifs is 1. The normalized spacial score (nSPS) is 23.4. The van der Waals surface area contributed by atoms with Crippen LogP contribution in [0.1, 0.15) is 44.7 Å². The van der Waals surface area contributed by atoms with E-state index in [9.17, 15) is 18.1 Å². The van der Waals surface area contributed by atoms with Gasteiger partial charge in [0.15, 0.2) is 0 Å². The fraction of sp³-hybridized carbons (Fsp3) is 0.625. The van der Waals surface area contributed by atoms with Crippen LogP contribution in [-0.2, 0) is 22.9 Å². The smallest absolute Gasteiger partial charge is 0.293 e. The second kappa shape index (κ2) is 6.50. The minimum atomic E-state index is -3.43. The van der Waals surface area contributed by atoms with Crippen molar-refractivity contribution in [2.24, 2.45) is 0 Å². The average molecular weight is 410 g/mol. The van der Waals surface area contributed by atoms with Gasteiger partial charge >= 0.3 is 0 Å². The molecule has 0 aromatic heterocycles. The molecule has 0 radical (unpaired) electrons. The Morgan fingerprint density at radius 3 is 2.61 bits per heavy atom. The van der Waals surface area contributed by atoms with E-state index >= 15 is 0 Å². The lowest BCUT2D eigenvalue weighted by molar-refractivity contribution is -0.125. The van der Waals surface area contributed by atoms with Crippen molar-refractivity contribution in [1.82, 2.24) is 4.72 Å². The highest BCUT2D eigenvalue weighted by Gasteiger charge is 2.57. The van der Waals surface area contributed by atoms with Gasteiger partial charge in [-0.05, 0) is 63.3 Å². The fourth-order valence-corrected chi connectivity index (χ4v) is 4.19. The molecule has 0 fully saturated rings. The molecule has 1 aliphatic carbocycles. The molecule has 0 amide bonds. The molecule has 3 nitrogen and oxygen atoms in total. The molecular formula is C16H22BrF2NO2S. The number of nitrogens with one attached hydrogen (secondary N) is 1. The molecule has 0 spiro atoms. The maximum atomic E-state index is 14.8. The molecule has 0 saturated carbocycles. The third kappa shape index (κ3) is 3.52. The summed E-state index contributed by atoms with van der Waals surface area (Å²) >= 11 is 3.33. The second-order valence-corrected chi connectivity index (χ2v) is 9.79. The summed E-state index contributed by atoms with van der Waals surface area (Å²) in [5.41, 5.74) is -0.627. The highest BCUT2D eigenvalue weighted by atomic mass is 79.9. The molecule has 2 N–H and O–H groups in total. The molecule has 0 bridgehead atoms. The summed E-state index contributed by atoms with van der Waals surface area (Å²) < 4.78 is 44.8. The van der Waals surface area contributed by atoms with Crippen LogP contribution >= 0.6 is 15.9 Å². The predicted molar refractivity (Wildman–Crippen MR) is 91.8 cm³/mol. The Hall–Kier alpha value is -0.370. The number of alkyl halides is 2. The number of rotatable bonds is 4. The maximum absolute atomic E-state index is 14.8. The van der Waals surface area contributed by atoms with E-state index < -0.39 is 33.8 Å². The monoisotopic (exact) mass is 409 g/mol. The molecule has 1 aromatic carbocycles. The van der Waals surface area contributed by atoms with Crippen molar-refractivity contribution in [3.63, 3.8) is 0 Å². The van der Waals surface area contributed by atoms with Crippen LogP contribution in [0, 0.1) is 0 Å². The first-order chi connectivity index (χ1) is 10.5. The van der Waals surface area contributed by atoms with Crippen LogP contribution in [0.4, 0.5) is 8.78 Å². The van der Waals surface area contributed by atoms with Gasteiger partial charge in [0.1, 0.15) is 12.1 Å². The van der Waals surface area contributed by atoms with Crippen molar-refractivity contribution >= 4 is 26.9 Å². The molecule has 1 aliphatic rings. The summed E-state index contributed by atoms with van der Waals surface area (Å²) in [4.78, 5) is 0. The minimum Gasteiger partial charge on any atom is -0.390 e. The summed E-state index contributed by atoms with van der Waals surface area (Å²) in [5.74, 6) is -3.43. The average Bonchev–Trinajstić information content (AvgIpc) is 2.46. The first-order valence-corrected chi connectivity index (χ1v) is 9.45.